The molecule has 0 saturated heterocycles. The molecule has 0 bridgehead atoms. The van der Waals surface area contributed by atoms with E-state index in [1.54, 1.807) is 0 Å². The summed E-state index contributed by atoms with van der Waals surface area (Å²) < 4.78 is 53.2. The molecular weight excluding hydrogens is 268 g/mol. The molecule has 0 aliphatic carbocycles. The lowest BCUT2D eigenvalue weighted by atomic mass is 10.1. The highest BCUT2D eigenvalue weighted by molar-refractivity contribution is 5.70. The average Bonchev–Trinajstić information content (AvgIpc) is 2.30. The third-order valence-electron chi connectivity index (χ3n) is 2.26. The normalized spacial score (nSPS) is 11.8. The molecule has 1 rings (SSSR count). The van der Waals surface area contributed by atoms with Crippen LogP contribution >= 0.6 is 0 Å². The van der Waals surface area contributed by atoms with Gasteiger partial charge in [0.2, 0.25) is 0 Å². The topological polar surface area (TPSA) is 46.5 Å². The third-order valence-corrected chi connectivity index (χ3v) is 2.26. The Kier molecular flexibility index (Phi) is 5.29. The SMILES string of the molecule is O=C(O)Cc1ccc(COCC(F)(F)C(F)F)cc1. The van der Waals surface area contributed by atoms with Crippen molar-refractivity contribution in [1.29, 1.82) is 0 Å². The lowest BCUT2D eigenvalue weighted by Gasteiger charge is -2.15. The number of rotatable bonds is 7. The van der Waals surface area contributed by atoms with Crippen LogP contribution in [0.3, 0.4) is 0 Å². The van der Waals surface area contributed by atoms with E-state index in [1.807, 2.05) is 0 Å². The van der Waals surface area contributed by atoms with E-state index < -0.39 is 24.9 Å². The molecule has 106 valence electrons. The van der Waals surface area contributed by atoms with Gasteiger partial charge >= 0.3 is 18.3 Å². The zero-order chi connectivity index (χ0) is 14.5. The number of alkyl halides is 4. The van der Waals surface area contributed by atoms with E-state index >= 15 is 0 Å². The molecule has 0 unspecified atom stereocenters. The fourth-order valence-corrected chi connectivity index (χ4v) is 1.30. The van der Waals surface area contributed by atoms with Crippen LogP contribution in [0.2, 0.25) is 0 Å². The molecule has 0 aliphatic heterocycles. The van der Waals surface area contributed by atoms with Crippen molar-refractivity contribution >= 4 is 5.97 Å². The molecule has 0 amide bonds. The molecule has 0 radical (unpaired) electrons. The minimum Gasteiger partial charge on any atom is -0.481 e. The van der Waals surface area contributed by atoms with Crippen LogP contribution in [0.5, 0.6) is 0 Å². The zero-order valence-corrected chi connectivity index (χ0v) is 9.78. The van der Waals surface area contributed by atoms with Crippen molar-refractivity contribution < 1.29 is 32.2 Å². The van der Waals surface area contributed by atoms with Crippen LogP contribution in [0.4, 0.5) is 17.6 Å². The monoisotopic (exact) mass is 280 g/mol. The Morgan fingerprint density at radius 3 is 2.21 bits per heavy atom. The molecular formula is C12H12F4O3. The van der Waals surface area contributed by atoms with Crippen LogP contribution < -0.4 is 0 Å². The summed E-state index contributed by atoms with van der Waals surface area (Å²) in [6, 6.07) is 6.02. The van der Waals surface area contributed by atoms with Gasteiger partial charge in [0.1, 0.15) is 6.61 Å². The third kappa shape index (κ3) is 5.25. The van der Waals surface area contributed by atoms with Gasteiger partial charge in [-0.2, -0.15) is 8.78 Å². The first-order valence-corrected chi connectivity index (χ1v) is 5.34. The number of carboxylic acids is 1. The molecule has 3 nitrogen and oxygen atoms in total. The Morgan fingerprint density at radius 2 is 1.74 bits per heavy atom. The molecule has 0 spiro atoms. The average molecular weight is 280 g/mol. The standard InChI is InChI=1S/C12H12F4O3/c13-11(14)12(15,16)7-19-6-9-3-1-8(2-4-9)5-10(17)18/h1-4,11H,5-7H2,(H,17,18). The maximum absolute atomic E-state index is 12.5. The minimum atomic E-state index is -4.16. The number of aliphatic carboxylic acids is 1. The van der Waals surface area contributed by atoms with Crippen molar-refractivity contribution in [2.75, 3.05) is 6.61 Å². The highest BCUT2D eigenvalue weighted by atomic mass is 19.3. The van der Waals surface area contributed by atoms with Gasteiger partial charge < -0.3 is 9.84 Å². The molecule has 0 saturated carbocycles. The fourth-order valence-electron chi connectivity index (χ4n) is 1.30. The highest BCUT2D eigenvalue weighted by Crippen LogP contribution is 2.23. The van der Waals surface area contributed by atoms with Crippen LogP contribution in [-0.2, 0) is 22.6 Å². The summed E-state index contributed by atoms with van der Waals surface area (Å²) in [5.74, 6) is -5.15. The van der Waals surface area contributed by atoms with Crippen molar-refractivity contribution in [2.45, 2.75) is 25.4 Å². The molecule has 0 heterocycles. The first-order chi connectivity index (χ1) is 8.81. The molecule has 0 fully saturated rings. The number of halogens is 4. The largest absolute Gasteiger partial charge is 0.481 e. The van der Waals surface area contributed by atoms with Gasteiger partial charge in [0.05, 0.1) is 13.0 Å². The number of carbonyl (C=O) groups is 1. The fraction of sp³-hybridized carbons (Fsp3) is 0.417. The number of carboxylic acid groups (broad SMARTS) is 1. The molecule has 0 aliphatic rings. The second-order valence-corrected chi connectivity index (χ2v) is 3.94. The molecule has 1 N–H and O–H groups in total. The van der Waals surface area contributed by atoms with E-state index in [0.29, 0.717) is 11.1 Å². The first-order valence-electron chi connectivity index (χ1n) is 5.34. The Labute approximate surface area is 106 Å². The molecule has 19 heavy (non-hydrogen) atoms. The lowest BCUT2D eigenvalue weighted by Crippen LogP contribution is -2.32. The second kappa shape index (κ2) is 6.51. The van der Waals surface area contributed by atoms with Gasteiger partial charge in [-0.15, -0.1) is 0 Å². The van der Waals surface area contributed by atoms with Gasteiger partial charge in [-0.05, 0) is 11.1 Å². The summed E-state index contributed by atoms with van der Waals surface area (Å²) in [6.07, 6.45) is -3.91. The van der Waals surface area contributed by atoms with Gasteiger partial charge in [-0.3, -0.25) is 4.79 Å². The maximum atomic E-state index is 12.5. The number of hydrogen-bond donors (Lipinski definition) is 1. The van der Waals surface area contributed by atoms with Gasteiger partial charge in [0.15, 0.2) is 0 Å². The van der Waals surface area contributed by atoms with Crippen LogP contribution in [0.15, 0.2) is 24.3 Å². The van der Waals surface area contributed by atoms with Gasteiger partial charge in [-0.1, -0.05) is 24.3 Å². The molecule has 0 atom stereocenters. The zero-order valence-electron chi connectivity index (χ0n) is 9.78. The van der Waals surface area contributed by atoms with E-state index in [0.717, 1.165) is 0 Å². The number of benzene rings is 1. The molecule has 0 aromatic heterocycles. The first kappa shape index (κ1) is 15.4. The van der Waals surface area contributed by atoms with E-state index in [9.17, 15) is 22.4 Å². The summed E-state index contributed by atoms with van der Waals surface area (Å²) >= 11 is 0. The molecule has 1 aromatic rings. The van der Waals surface area contributed by atoms with E-state index in [-0.39, 0.29) is 13.0 Å². The quantitative estimate of drug-likeness (QED) is 0.781. The van der Waals surface area contributed by atoms with Gasteiger partial charge in [-0.25, -0.2) is 8.78 Å². The summed E-state index contributed by atoms with van der Waals surface area (Å²) in [7, 11) is 0. The van der Waals surface area contributed by atoms with Gasteiger partial charge in [0, 0.05) is 0 Å². The Morgan fingerprint density at radius 1 is 1.21 bits per heavy atom. The Bertz CT molecular complexity index is 417. The predicted octanol–water partition coefficient (Wildman–Crippen LogP) is 2.73. The Hall–Kier alpha value is -1.63. The maximum Gasteiger partial charge on any atom is 0.330 e. The van der Waals surface area contributed by atoms with Crippen molar-refractivity contribution in [2.24, 2.45) is 0 Å². The van der Waals surface area contributed by atoms with Crippen LogP contribution in [0.1, 0.15) is 11.1 Å². The van der Waals surface area contributed by atoms with Crippen molar-refractivity contribution in [3.8, 4) is 0 Å². The summed E-state index contributed by atoms with van der Waals surface area (Å²) in [4.78, 5) is 10.4. The van der Waals surface area contributed by atoms with Crippen molar-refractivity contribution in [3.63, 3.8) is 0 Å². The van der Waals surface area contributed by atoms with Gasteiger partial charge in [0.25, 0.3) is 0 Å². The van der Waals surface area contributed by atoms with Crippen molar-refractivity contribution in [3.05, 3.63) is 35.4 Å². The number of hydrogen-bond acceptors (Lipinski definition) is 2. The molecule has 1 aromatic carbocycles. The lowest BCUT2D eigenvalue weighted by molar-refractivity contribution is -0.168. The highest BCUT2D eigenvalue weighted by Gasteiger charge is 2.40. The van der Waals surface area contributed by atoms with Crippen LogP contribution in [0.25, 0.3) is 0 Å². The Balaban J connectivity index is 2.44. The second-order valence-electron chi connectivity index (χ2n) is 3.94. The minimum absolute atomic E-state index is 0.148. The summed E-state index contributed by atoms with van der Waals surface area (Å²) in [5.41, 5.74) is 1.05. The smallest absolute Gasteiger partial charge is 0.330 e. The van der Waals surface area contributed by atoms with Crippen LogP contribution in [-0.4, -0.2) is 30.0 Å². The number of ether oxygens (including phenoxy) is 1. The predicted molar refractivity (Wildman–Crippen MR) is 58.4 cm³/mol. The summed E-state index contributed by atoms with van der Waals surface area (Å²) in [5, 5.41) is 8.54. The molecule has 7 heteroatoms. The summed E-state index contributed by atoms with van der Waals surface area (Å²) in [6.45, 7) is -1.60. The van der Waals surface area contributed by atoms with E-state index in [4.69, 9.17) is 5.11 Å². The van der Waals surface area contributed by atoms with E-state index in [1.165, 1.54) is 24.3 Å². The van der Waals surface area contributed by atoms with Crippen molar-refractivity contribution in [1.82, 2.24) is 0 Å². The van der Waals surface area contributed by atoms with E-state index in [2.05, 4.69) is 4.74 Å². The van der Waals surface area contributed by atoms with Crippen LogP contribution in [0, 0.1) is 0 Å².